The van der Waals surface area contributed by atoms with E-state index in [-0.39, 0.29) is 11.9 Å². The molecule has 0 amide bonds. The molecule has 1 fully saturated rings. The van der Waals surface area contributed by atoms with Gasteiger partial charge in [0.2, 0.25) is 0 Å². The van der Waals surface area contributed by atoms with Crippen molar-refractivity contribution in [3.63, 3.8) is 0 Å². The highest BCUT2D eigenvalue weighted by molar-refractivity contribution is 5.46. The van der Waals surface area contributed by atoms with Gasteiger partial charge in [-0.1, -0.05) is 6.92 Å². The van der Waals surface area contributed by atoms with Gasteiger partial charge >= 0.3 is 0 Å². The number of hydrogen-bond acceptors (Lipinski definition) is 4. The van der Waals surface area contributed by atoms with Crippen molar-refractivity contribution in [2.45, 2.75) is 38.8 Å². The molecule has 2 heterocycles. The van der Waals surface area contributed by atoms with E-state index >= 15 is 0 Å². The summed E-state index contributed by atoms with van der Waals surface area (Å²) in [5.74, 6) is 0.554. The van der Waals surface area contributed by atoms with E-state index in [9.17, 15) is 4.39 Å². The van der Waals surface area contributed by atoms with Crippen LogP contribution >= 0.6 is 0 Å². The number of nitrogens with one attached hydrogen (secondary N) is 1. The average molecular weight is 281 g/mol. The van der Waals surface area contributed by atoms with Crippen molar-refractivity contribution in [3.05, 3.63) is 23.6 Å². The minimum atomic E-state index is -0.285. The molecule has 1 unspecified atom stereocenters. The van der Waals surface area contributed by atoms with E-state index in [1.165, 1.54) is 6.20 Å². The van der Waals surface area contributed by atoms with E-state index in [2.05, 4.69) is 22.1 Å². The van der Waals surface area contributed by atoms with Crippen LogP contribution < -0.4 is 10.2 Å². The first-order valence-corrected chi connectivity index (χ1v) is 7.38. The molecule has 1 aromatic heterocycles. The third-order valence-electron chi connectivity index (χ3n) is 3.51. The maximum atomic E-state index is 13.4. The van der Waals surface area contributed by atoms with Gasteiger partial charge in [-0.15, -0.1) is 0 Å². The largest absolute Gasteiger partial charge is 0.376 e. The lowest BCUT2D eigenvalue weighted by Gasteiger charge is -2.24. The normalized spacial score (nSPS) is 18.4. The Labute approximate surface area is 120 Å². The molecule has 1 N–H and O–H groups in total. The molecule has 0 saturated carbocycles. The van der Waals surface area contributed by atoms with E-state index in [0.29, 0.717) is 6.54 Å². The summed E-state index contributed by atoms with van der Waals surface area (Å²) in [7, 11) is 1.99. The monoisotopic (exact) mass is 281 g/mol. The first kappa shape index (κ1) is 15.2. The van der Waals surface area contributed by atoms with Crippen LogP contribution in [0, 0.1) is 5.82 Å². The second-order valence-corrected chi connectivity index (χ2v) is 5.33. The third-order valence-corrected chi connectivity index (χ3v) is 3.51. The van der Waals surface area contributed by atoms with E-state index in [4.69, 9.17) is 4.74 Å². The topological polar surface area (TPSA) is 37.4 Å². The van der Waals surface area contributed by atoms with Crippen LogP contribution in [0.2, 0.25) is 0 Å². The number of anilines is 1. The first-order chi connectivity index (χ1) is 9.70. The predicted octanol–water partition coefficient (Wildman–Crippen LogP) is 2.34. The Hall–Kier alpha value is -1.20. The molecule has 0 aromatic carbocycles. The maximum absolute atomic E-state index is 13.4. The molecule has 2 rings (SSSR count). The van der Waals surface area contributed by atoms with Gasteiger partial charge in [0.1, 0.15) is 11.6 Å². The molecular formula is C15H24FN3O. The third kappa shape index (κ3) is 4.15. The molecule has 0 bridgehead atoms. The predicted molar refractivity (Wildman–Crippen MR) is 78.4 cm³/mol. The number of halogens is 1. The Morgan fingerprint density at radius 2 is 2.40 bits per heavy atom. The van der Waals surface area contributed by atoms with Gasteiger partial charge < -0.3 is 15.0 Å². The number of rotatable bonds is 7. The fourth-order valence-corrected chi connectivity index (χ4v) is 2.53. The number of hydrogen-bond donors (Lipinski definition) is 1. The standard InChI is InChI=1S/C15H24FN3O/c1-3-6-17-9-12-8-13(16)10-18-15(12)19(2)11-14-5-4-7-20-14/h8,10,14,17H,3-7,9,11H2,1-2H3. The van der Waals surface area contributed by atoms with E-state index in [1.54, 1.807) is 6.07 Å². The quantitative estimate of drug-likeness (QED) is 0.778. The summed E-state index contributed by atoms with van der Waals surface area (Å²) in [5.41, 5.74) is 0.902. The SMILES string of the molecule is CCCNCc1cc(F)cnc1N(C)CC1CCCO1. The zero-order valence-corrected chi connectivity index (χ0v) is 12.4. The van der Waals surface area contributed by atoms with Crippen LogP contribution in [0.3, 0.4) is 0 Å². The van der Waals surface area contributed by atoms with Crippen LogP contribution in [0.25, 0.3) is 0 Å². The molecule has 112 valence electrons. The van der Waals surface area contributed by atoms with Gasteiger partial charge in [0.25, 0.3) is 0 Å². The smallest absolute Gasteiger partial charge is 0.141 e. The van der Waals surface area contributed by atoms with E-state index in [1.807, 2.05) is 7.05 Å². The first-order valence-electron chi connectivity index (χ1n) is 7.38. The number of aromatic nitrogens is 1. The van der Waals surface area contributed by atoms with Crippen molar-refractivity contribution in [2.24, 2.45) is 0 Å². The van der Waals surface area contributed by atoms with Crippen LogP contribution in [0.15, 0.2) is 12.3 Å². The van der Waals surface area contributed by atoms with Crippen LogP contribution in [-0.4, -0.2) is 37.8 Å². The van der Waals surface area contributed by atoms with Crippen molar-refractivity contribution in [2.75, 3.05) is 31.6 Å². The van der Waals surface area contributed by atoms with Crippen molar-refractivity contribution in [1.82, 2.24) is 10.3 Å². The highest BCUT2D eigenvalue weighted by Crippen LogP contribution is 2.20. The van der Waals surface area contributed by atoms with Crippen molar-refractivity contribution < 1.29 is 9.13 Å². The second-order valence-electron chi connectivity index (χ2n) is 5.33. The van der Waals surface area contributed by atoms with Gasteiger partial charge in [0.05, 0.1) is 12.3 Å². The number of likely N-dealkylation sites (N-methyl/N-ethyl adjacent to an activating group) is 1. The van der Waals surface area contributed by atoms with Crippen LogP contribution in [0.4, 0.5) is 10.2 Å². The summed E-state index contributed by atoms with van der Waals surface area (Å²) in [6.07, 6.45) is 4.83. The van der Waals surface area contributed by atoms with E-state index in [0.717, 1.165) is 50.3 Å². The molecule has 20 heavy (non-hydrogen) atoms. The Balaban J connectivity index is 2.03. The van der Waals surface area contributed by atoms with Crippen molar-refractivity contribution in [3.8, 4) is 0 Å². The second kappa shape index (κ2) is 7.55. The summed E-state index contributed by atoms with van der Waals surface area (Å²) in [6, 6.07) is 1.57. The summed E-state index contributed by atoms with van der Waals surface area (Å²) >= 11 is 0. The lowest BCUT2D eigenvalue weighted by atomic mass is 10.2. The summed E-state index contributed by atoms with van der Waals surface area (Å²) in [6.45, 7) is 5.33. The van der Waals surface area contributed by atoms with Gasteiger partial charge in [-0.05, 0) is 31.9 Å². The highest BCUT2D eigenvalue weighted by Gasteiger charge is 2.19. The molecule has 4 nitrogen and oxygen atoms in total. The average Bonchev–Trinajstić information content (AvgIpc) is 2.92. The molecule has 1 atom stereocenters. The van der Waals surface area contributed by atoms with Crippen LogP contribution in [0.5, 0.6) is 0 Å². The molecule has 0 spiro atoms. The minimum absolute atomic E-state index is 0.267. The summed E-state index contributed by atoms with van der Waals surface area (Å²) < 4.78 is 19.0. The number of nitrogens with zero attached hydrogens (tertiary/aromatic N) is 2. The Bertz CT molecular complexity index is 422. The molecule has 1 aliphatic heterocycles. The summed E-state index contributed by atoms with van der Waals surface area (Å²) in [5, 5.41) is 3.30. The van der Waals surface area contributed by atoms with Gasteiger partial charge in [-0.3, -0.25) is 0 Å². The lowest BCUT2D eigenvalue weighted by Crippen LogP contribution is -2.30. The number of pyridine rings is 1. The highest BCUT2D eigenvalue weighted by atomic mass is 19.1. The Morgan fingerprint density at radius 3 is 3.10 bits per heavy atom. The van der Waals surface area contributed by atoms with Crippen molar-refractivity contribution in [1.29, 1.82) is 0 Å². The maximum Gasteiger partial charge on any atom is 0.141 e. The molecule has 1 aliphatic rings. The van der Waals surface area contributed by atoms with Crippen molar-refractivity contribution >= 4 is 5.82 Å². The molecule has 0 aliphatic carbocycles. The molecule has 1 aromatic rings. The zero-order valence-electron chi connectivity index (χ0n) is 12.4. The van der Waals surface area contributed by atoms with E-state index < -0.39 is 0 Å². The number of ether oxygens (including phenoxy) is 1. The Morgan fingerprint density at radius 1 is 1.55 bits per heavy atom. The minimum Gasteiger partial charge on any atom is -0.376 e. The molecule has 1 saturated heterocycles. The van der Waals surface area contributed by atoms with Crippen LogP contribution in [0.1, 0.15) is 31.7 Å². The van der Waals surface area contributed by atoms with Crippen LogP contribution in [-0.2, 0) is 11.3 Å². The van der Waals surface area contributed by atoms with Gasteiger partial charge in [0.15, 0.2) is 0 Å². The molecule has 0 radical (unpaired) electrons. The van der Waals surface area contributed by atoms with Gasteiger partial charge in [-0.25, -0.2) is 9.37 Å². The molecule has 5 heteroatoms. The zero-order chi connectivity index (χ0) is 14.4. The Kier molecular flexibility index (Phi) is 5.73. The molecular weight excluding hydrogens is 257 g/mol. The fourth-order valence-electron chi connectivity index (χ4n) is 2.53. The lowest BCUT2D eigenvalue weighted by molar-refractivity contribution is 0.116. The fraction of sp³-hybridized carbons (Fsp3) is 0.667. The van der Waals surface area contributed by atoms with Gasteiger partial charge in [-0.2, -0.15) is 0 Å². The van der Waals surface area contributed by atoms with Gasteiger partial charge in [0, 0.05) is 32.3 Å². The summed E-state index contributed by atoms with van der Waals surface area (Å²) in [4.78, 5) is 6.32.